The van der Waals surface area contributed by atoms with Crippen molar-refractivity contribution in [3.63, 3.8) is 0 Å². The number of halogens is 2. The van der Waals surface area contributed by atoms with Gasteiger partial charge < -0.3 is 14.6 Å². The molecule has 3 aromatic carbocycles. The third kappa shape index (κ3) is 9.67. The van der Waals surface area contributed by atoms with Gasteiger partial charge in [0, 0.05) is 15.6 Å². The van der Waals surface area contributed by atoms with E-state index in [9.17, 15) is 14.7 Å². The first-order chi connectivity index (χ1) is 29.2. The highest BCUT2D eigenvalue weighted by Crippen LogP contribution is 2.67. The van der Waals surface area contributed by atoms with Crippen LogP contribution in [0.4, 0.5) is 0 Å². The number of ether oxygens (including phenoxy) is 2. The van der Waals surface area contributed by atoms with Crippen LogP contribution in [0.3, 0.4) is 0 Å². The van der Waals surface area contributed by atoms with Crippen LogP contribution in [0.2, 0.25) is 10.0 Å². The molecule has 0 aromatic heterocycles. The fourth-order valence-electron chi connectivity index (χ4n) is 8.76. The maximum atomic E-state index is 15.7. The van der Waals surface area contributed by atoms with E-state index in [2.05, 4.69) is 12.2 Å². The molecule has 2 aliphatic carbocycles. The number of fused-ring (bicyclic) bond motifs is 2. The van der Waals surface area contributed by atoms with Crippen molar-refractivity contribution in [2.45, 2.75) is 101 Å². The highest BCUT2D eigenvalue weighted by Gasteiger charge is 2.74. The number of hydrogen-bond donors (Lipinski definition) is 1. The summed E-state index contributed by atoms with van der Waals surface area (Å²) in [7, 11) is 0. The van der Waals surface area contributed by atoms with Gasteiger partial charge in [-0.25, -0.2) is 9.59 Å². The van der Waals surface area contributed by atoms with E-state index in [0.29, 0.717) is 29.3 Å². The second-order valence-corrected chi connectivity index (χ2v) is 18.7. The Morgan fingerprint density at radius 1 is 0.661 bits per heavy atom. The third-order valence-electron chi connectivity index (χ3n) is 12.3. The summed E-state index contributed by atoms with van der Waals surface area (Å²) in [5.41, 5.74) is -0.639. The SMILES string of the molecule is CC(C)=CCC[C@]1(C)[C@@H](CC=C(C)C)C[C@@]2(CC=C(C)C)C(=O)C(=C(O)c3ccc(OC(=O)c4ccc(Cl)cc4)c(OC(=O)c4ccc(Cl)cc4)c3)C(=O)[C@]1(CC=C(C)C)C2=O. The fourth-order valence-corrected chi connectivity index (χ4v) is 9.01. The van der Waals surface area contributed by atoms with Gasteiger partial charge in [-0.15, -0.1) is 0 Å². The molecule has 2 aliphatic rings. The Bertz CT molecular complexity index is 2420. The smallest absolute Gasteiger partial charge is 0.343 e. The highest BCUT2D eigenvalue weighted by molar-refractivity contribution is 6.41. The first-order valence-electron chi connectivity index (χ1n) is 20.9. The largest absolute Gasteiger partial charge is 0.506 e. The lowest BCUT2D eigenvalue weighted by atomic mass is 9.37. The summed E-state index contributed by atoms with van der Waals surface area (Å²) in [6, 6.07) is 15.9. The lowest BCUT2D eigenvalue weighted by Gasteiger charge is -2.61. The number of allylic oxidation sites excluding steroid dienone is 9. The van der Waals surface area contributed by atoms with Crippen LogP contribution >= 0.6 is 23.2 Å². The van der Waals surface area contributed by atoms with E-state index in [-0.39, 0.29) is 53.4 Å². The lowest BCUT2D eigenvalue weighted by Crippen LogP contribution is -2.70. The second-order valence-electron chi connectivity index (χ2n) is 17.8. The van der Waals surface area contributed by atoms with Crippen molar-refractivity contribution in [3.8, 4) is 11.5 Å². The summed E-state index contributed by atoms with van der Waals surface area (Å²) in [5.74, 6) is -4.92. The first kappa shape index (κ1) is 47.7. The van der Waals surface area contributed by atoms with Gasteiger partial charge in [0.25, 0.3) is 0 Å². The van der Waals surface area contributed by atoms with Crippen LogP contribution in [0.1, 0.15) is 127 Å². The van der Waals surface area contributed by atoms with Crippen LogP contribution in [-0.2, 0) is 14.4 Å². The summed E-state index contributed by atoms with van der Waals surface area (Å²) in [5, 5.41) is 13.3. The quantitative estimate of drug-likeness (QED) is 0.0323. The Balaban J connectivity index is 1.78. The standard InChI is InChI=1S/C52H56Cl2O8/c1-31(2)11-10-26-50(9)38(18-12-32(3)4)30-51(27-24-33(5)6)45(56)43(46(57)52(50,49(51)60)28-25-34(7)8)44(55)37-17-23-41(61-47(58)35-13-19-39(53)20-14-35)42(29-37)62-48(59)36-15-21-40(54)22-16-36/h11-17,19-25,29,38,55H,10,18,26-28,30H2,1-9H3/t38-,50+,51-,52+/m0/s1. The van der Waals surface area contributed by atoms with Crippen molar-refractivity contribution < 1.29 is 38.6 Å². The predicted molar refractivity (Wildman–Crippen MR) is 246 cm³/mol. The van der Waals surface area contributed by atoms with Gasteiger partial charge in [0.15, 0.2) is 28.8 Å². The number of ketones is 3. The molecule has 4 atom stereocenters. The van der Waals surface area contributed by atoms with Crippen LogP contribution in [-0.4, -0.2) is 34.4 Å². The second kappa shape index (κ2) is 19.4. The molecular weight excluding hydrogens is 823 g/mol. The average Bonchev–Trinajstić information content (AvgIpc) is 3.20. The zero-order valence-electron chi connectivity index (χ0n) is 37.0. The van der Waals surface area contributed by atoms with Gasteiger partial charge in [-0.2, -0.15) is 0 Å². The van der Waals surface area contributed by atoms with Gasteiger partial charge >= 0.3 is 11.9 Å². The third-order valence-corrected chi connectivity index (χ3v) is 12.8. The summed E-state index contributed by atoms with van der Waals surface area (Å²) in [6.45, 7) is 17.6. The molecule has 10 heteroatoms. The van der Waals surface area contributed by atoms with Crippen molar-refractivity contribution in [1.82, 2.24) is 0 Å². The van der Waals surface area contributed by atoms with Gasteiger partial charge in [0.1, 0.15) is 16.7 Å². The number of aliphatic hydroxyl groups excluding tert-OH is 1. The van der Waals surface area contributed by atoms with Crippen LogP contribution in [0.5, 0.6) is 11.5 Å². The summed E-state index contributed by atoms with van der Waals surface area (Å²) in [6.07, 6.45) is 9.88. The number of Topliss-reactive ketones (excluding diaryl/α,β-unsaturated/α-hetero) is 3. The molecule has 0 radical (unpaired) electrons. The predicted octanol–water partition coefficient (Wildman–Crippen LogP) is 13.2. The molecule has 2 bridgehead atoms. The van der Waals surface area contributed by atoms with E-state index in [1.807, 2.05) is 74.5 Å². The Morgan fingerprint density at radius 3 is 1.66 bits per heavy atom. The van der Waals surface area contributed by atoms with Gasteiger partial charge in [-0.3, -0.25) is 14.4 Å². The van der Waals surface area contributed by atoms with Crippen molar-refractivity contribution in [1.29, 1.82) is 0 Å². The van der Waals surface area contributed by atoms with Crippen molar-refractivity contribution in [2.75, 3.05) is 0 Å². The van der Waals surface area contributed by atoms with Crippen molar-refractivity contribution in [3.05, 3.63) is 146 Å². The molecule has 62 heavy (non-hydrogen) atoms. The normalized spacial score (nSPS) is 22.6. The van der Waals surface area contributed by atoms with Crippen LogP contribution in [0, 0.1) is 22.2 Å². The van der Waals surface area contributed by atoms with E-state index in [0.717, 1.165) is 22.3 Å². The molecular formula is C52H56Cl2O8. The average molecular weight is 880 g/mol. The van der Waals surface area contributed by atoms with E-state index in [1.54, 1.807) is 0 Å². The molecule has 3 aromatic rings. The molecule has 0 heterocycles. The van der Waals surface area contributed by atoms with Gasteiger partial charge in [0.05, 0.1) is 16.5 Å². The number of carbonyl (C=O) groups is 5. The number of rotatable bonds is 14. The molecule has 2 saturated carbocycles. The summed E-state index contributed by atoms with van der Waals surface area (Å²) in [4.78, 5) is 73.6. The molecule has 5 rings (SSSR count). The molecule has 326 valence electrons. The minimum absolute atomic E-state index is 0.0355. The number of esters is 2. The van der Waals surface area contributed by atoms with Crippen LogP contribution < -0.4 is 9.47 Å². The minimum Gasteiger partial charge on any atom is -0.506 e. The number of aliphatic hydroxyl groups is 1. The van der Waals surface area contributed by atoms with Crippen LogP contribution in [0.25, 0.3) is 5.76 Å². The molecule has 1 N–H and O–H groups in total. The zero-order chi connectivity index (χ0) is 45.7. The Morgan fingerprint density at radius 2 is 1.15 bits per heavy atom. The number of hydrogen-bond acceptors (Lipinski definition) is 8. The van der Waals surface area contributed by atoms with Crippen molar-refractivity contribution >= 4 is 58.2 Å². The van der Waals surface area contributed by atoms with Gasteiger partial charge in [0.2, 0.25) is 0 Å². The summed E-state index contributed by atoms with van der Waals surface area (Å²) >= 11 is 12.1. The summed E-state index contributed by atoms with van der Waals surface area (Å²) < 4.78 is 11.5. The zero-order valence-corrected chi connectivity index (χ0v) is 38.6. The molecule has 2 fully saturated rings. The number of carbonyl (C=O) groups excluding carboxylic acids is 5. The Hall–Kier alpha value is -5.31. The molecule has 0 amide bonds. The minimum atomic E-state index is -1.73. The maximum absolute atomic E-state index is 15.7. The van der Waals surface area contributed by atoms with Crippen molar-refractivity contribution in [2.24, 2.45) is 22.2 Å². The van der Waals surface area contributed by atoms with Gasteiger partial charge in [-0.1, -0.05) is 76.7 Å². The molecule has 0 spiro atoms. The van der Waals surface area contributed by atoms with Crippen LogP contribution in [0.15, 0.2) is 119 Å². The Kier molecular flexibility index (Phi) is 14.9. The van der Waals surface area contributed by atoms with Gasteiger partial charge in [-0.05, 0) is 172 Å². The Labute approximate surface area is 375 Å². The first-order valence-corrected chi connectivity index (χ1v) is 21.6. The fraction of sp³-hybridized carbons (Fsp3) is 0.365. The maximum Gasteiger partial charge on any atom is 0.343 e. The topological polar surface area (TPSA) is 124 Å². The number of benzene rings is 3. The monoisotopic (exact) mass is 878 g/mol. The van der Waals surface area contributed by atoms with E-state index >= 15 is 14.4 Å². The molecule has 0 unspecified atom stereocenters. The molecule has 0 aliphatic heterocycles. The van der Waals surface area contributed by atoms with E-state index in [4.69, 9.17) is 32.7 Å². The lowest BCUT2D eigenvalue weighted by molar-refractivity contribution is -0.178. The molecule has 0 saturated heterocycles. The van der Waals surface area contributed by atoms with E-state index in [1.165, 1.54) is 66.7 Å². The molecule has 8 nitrogen and oxygen atoms in total. The highest BCUT2D eigenvalue weighted by atomic mass is 35.5. The van der Waals surface area contributed by atoms with E-state index < -0.39 is 56.9 Å².